The third kappa shape index (κ3) is 3.29. The Hall–Kier alpha value is -1.34. The Bertz CT molecular complexity index is 501. The molecule has 1 aromatic rings. The van der Waals surface area contributed by atoms with E-state index in [2.05, 4.69) is 9.88 Å². The first-order valence-electron chi connectivity index (χ1n) is 7.46. The average molecular weight is 312 g/mol. The molecule has 0 radical (unpaired) electrons. The molecule has 0 spiro atoms. The molecule has 1 amide bonds. The number of rotatable bonds is 4. The lowest BCUT2D eigenvalue weighted by atomic mass is 9.96. The van der Waals surface area contributed by atoms with Gasteiger partial charge in [0.05, 0.1) is 6.10 Å². The summed E-state index contributed by atoms with van der Waals surface area (Å²) in [6, 6.07) is 0. The van der Waals surface area contributed by atoms with Crippen molar-refractivity contribution < 1.29 is 9.90 Å². The summed E-state index contributed by atoms with van der Waals surface area (Å²) in [5.41, 5.74) is 5.92. The number of piperidine rings is 1. The van der Waals surface area contributed by atoms with Crippen LogP contribution >= 0.6 is 11.3 Å². The minimum Gasteiger partial charge on any atom is -0.391 e. The van der Waals surface area contributed by atoms with E-state index in [1.165, 1.54) is 11.3 Å². The van der Waals surface area contributed by atoms with Crippen LogP contribution in [0.2, 0.25) is 0 Å². The van der Waals surface area contributed by atoms with Gasteiger partial charge in [-0.1, -0.05) is 18.3 Å². The number of thiazole rings is 1. The maximum atomic E-state index is 12.6. The second kappa shape index (κ2) is 6.62. The number of nitrogens with two attached hydrogens (primary N) is 1. The molecule has 2 rings (SSSR count). The molecule has 1 aromatic heterocycles. The van der Waals surface area contributed by atoms with Crippen molar-refractivity contribution in [1.82, 2.24) is 9.88 Å². The number of amides is 1. The summed E-state index contributed by atoms with van der Waals surface area (Å²) in [4.78, 5) is 21.1. The minimum atomic E-state index is -0.459. The Balaban J connectivity index is 2.16. The van der Waals surface area contributed by atoms with Crippen LogP contribution in [0.5, 0.6) is 0 Å². The maximum absolute atomic E-state index is 12.6. The first-order valence-corrected chi connectivity index (χ1v) is 8.28. The van der Waals surface area contributed by atoms with Gasteiger partial charge in [-0.25, -0.2) is 4.98 Å². The standard InChI is InChI=1S/C14H24N4O2S/c1-4-17(5-2)14-16-12(15)11(21-14)13(20)18-7-6-9(3)10(19)8-18/h9-10,19H,4-8,15H2,1-3H3. The summed E-state index contributed by atoms with van der Waals surface area (Å²) in [6.07, 6.45) is 0.355. The first-order chi connectivity index (χ1) is 9.97. The van der Waals surface area contributed by atoms with Crippen molar-refractivity contribution >= 4 is 28.2 Å². The predicted octanol–water partition coefficient (Wildman–Crippen LogP) is 1.41. The first kappa shape index (κ1) is 16.0. The third-order valence-electron chi connectivity index (χ3n) is 4.08. The largest absolute Gasteiger partial charge is 0.391 e. The van der Waals surface area contributed by atoms with Crippen LogP contribution in [0.1, 0.15) is 36.9 Å². The molecule has 118 valence electrons. The normalized spacial score (nSPS) is 22.4. The van der Waals surface area contributed by atoms with Crippen LogP contribution in [-0.4, -0.2) is 53.2 Å². The van der Waals surface area contributed by atoms with Crippen LogP contribution in [0.3, 0.4) is 0 Å². The second-order valence-corrected chi connectivity index (χ2v) is 6.45. The van der Waals surface area contributed by atoms with Gasteiger partial charge in [-0.3, -0.25) is 4.79 Å². The molecule has 2 atom stereocenters. The van der Waals surface area contributed by atoms with Crippen molar-refractivity contribution in [2.45, 2.75) is 33.3 Å². The van der Waals surface area contributed by atoms with Gasteiger partial charge in [-0.15, -0.1) is 0 Å². The summed E-state index contributed by atoms with van der Waals surface area (Å²) < 4.78 is 0. The molecule has 0 aliphatic carbocycles. The van der Waals surface area contributed by atoms with Gasteiger partial charge in [-0.05, 0) is 26.2 Å². The van der Waals surface area contributed by atoms with Crippen LogP contribution in [0, 0.1) is 5.92 Å². The summed E-state index contributed by atoms with van der Waals surface area (Å²) in [5.74, 6) is 0.411. The smallest absolute Gasteiger partial charge is 0.267 e. The molecule has 0 bridgehead atoms. The number of anilines is 2. The Morgan fingerprint density at radius 3 is 2.76 bits per heavy atom. The molecule has 2 unspecified atom stereocenters. The third-order valence-corrected chi connectivity index (χ3v) is 5.20. The molecule has 3 N–H and O–H groups in total. The highest BCUT2D eigenvalue weighted by molar-refractivity contribution is 7.18. The molecule has 2 heterocycles. The number of β-amino-alcohol motifs (C(OH)–C–C–N with tert-alkyl or cyclic N) is 1. The van der Waals surface area contributed by atoms with Crippen LogP contribution in [-0.2, 0) is 0 Å². The molecule has 1 fully saturated rings. The Morgan fingerprint density at radius 1 is 1.52 bits per heavy atom. The molecule has 0 aromatic carbocycles. The number of nitrogen functional groups attached to an aromatic ring is 1. The molecule has 1 saturated heterocycles. The van der Waals surface area contributed by atoms with Crippen molar-refractivity contribution in [3.8, 4) is 0 Å². The molecule has 6 nitrogen and oxygen atoms in total. The highest BCUT2D eigenvalue weighted by Gasteiger charge is 2.30. The molecular weight excluding hydrogens is 288 g/mol. The van der Waals surface area contributed by atoms with E-state index in [-0.39, 0.29) is 11.8 Å². The zero-order valence-corrected chi connectivity index (χ0v) is 13.7. The number of aromatic nitrogens is 1. The van der Waals surface area contributed by atoms with Gasteiger partial charge in [0.2, 0.25) is 0 Å². The summed E-state index contributed by atoms with van der Waals surface area (Å²) in [7, 11) is 0. The number of nitrogens with zero attached hydrogens (tertiary/aromatic N) is 3. The topological polar surface area (TPSA) is 82.7 Å². The van der Waals surface area contributed by atoms with E-state index in [0.717, 1.165) is 24.6 Å². The van der Waals surface area contributed by atoms with Crippen molar-refractivity contribution in [3.05, 3.63) is 4.88 Å². The van der Waals surface area contributed by atoms with Gasteiger partial charge in [0, 0.05) is 26.2 Å². The molecule has 1 aliphatic heterocycles. The summed E-state index contributed by atoms with van der Waals surface area (Å²) >= 11 is 1.34. The van der Waals surface area contributed by atoms with E-state index in [0.29, 0.717) is 23.8 Å². The fourth-order valence-electron chi connectivity index (χ4n) is 2.48. The Kier molecular flexibility index (Phi) is 5.05. The quantitative estimate of drug-likeness (QED) is 0.878. The number of aliphatic hydroxyl groups excluding tert-OH is 1. The number of hydrogen-bond donors (Lipinski definition) is 2. The maximum Gasteiger partial charge on any atom is 0.267 e. The average Bonchev–Trinajstić information content (AvgIpc) is 2.84. The number of hydrogen-bond acceptors (Lipinski definition) is 6. The van der Waals surface area contributed by atoms with E-state index in [1.54, 1.807) is 4.90 Å². The minimum absolute atomic E-state index is 0.116. The van der Waals surface area contributed by atoms with E-state index >= 15 is 0 Å². The van der Waals surface area contributed by atoms with Crippen molar-refractivity contribution in [3.63, 3.8) is 0 Å². The Labute approximate surface area is 129 Å². The summed E-state index contributed by atoms with van der Waals surface area (Å²) in [5, 5.41) is 10.7. The van der Waals surface area contributed by atoms with Gasteiger partial charge in [0.25, 0.3) is 5.91 Å². The lowest BCUT2D eigenvalue weighted by molar-refractivity contribution is 0.0252. The monoisotopic (exact) mass is 312 g/mol. The van der Waals surface area contributed by atoms with Crippen molar-refractivity contribution in [2.24, 2.45) is 5.92 Å². The highest BCUT2D eigenvalue weighted by Crippen LogP contribution is 2.30. The number of aliphatic hydroxyl groups is 1. The van der Waals surface area contributed by atoms with Gasteiger partial charge < -0.3 is 20.6 Å². The fraction of sp³-hybridized carbons (Fsp3) is 0.714. The predicted molar refractivity (Wildman–Crippen MR) is 85.8 cm³/mol. The van der Waals surface area contributed by atoms with Crippen LogP contribution in [0.15, 0.2) is 0 Å². The zero-order valence-electron chi connectivity index (χ0n) is 12.9. The van der Waals surface area contributed by atoms with Crippen molar-refractivity contribution in [2.75, 3.05) is 36.8 Å². The van der Waals surface area contributed by atoms with Crippen LogP contribution in [0.25, 0.3) is 0 Å². The van der Waals surface area contributed by atoms with Gasteiger partial charge in [0.15, 0.2) is 5.13 Å². The lowest BCUT2D eigenvalue weighted by Crippen LogP contribution is -2.45. The molecule has 21 heavy (non-hydrogen) atoms. The van der Waals surface area contributed by atoms with E-state index in [1.807, 2.05) is 20.8 Å². The van der Waals surface area contributed by atoms with Gasteiger partial charge in [0.1, 0.15) is 10.7 Å². The number of carbonyl (C=O) groups is 1. The van der Waals surface area contributed by atoms with E-state index < -0.39 is 6.10 Å². The number of likely N-dealkylation sites (tertiary alicyclic amines) is 1. The number of carbonyl (C=O) groups excluding carboxylic acids is 1. The molecule has 7 heteroatoms. The molecular formula is C14H24N4O2S. The second-order valence-electron chi connectivity index (χ2n) is 5.47. The van der Waals surface area contributed by atoms with Crippen LogP contribution < -0.4 is 10.6 Å². The Morgan fingerprint density at radius 2 is 2.19 bits per heavy atom. The van der Waals surface area contributed by atoms with E-state index in [9.17, 15) is 9.90 Å². The van der Waals surface area contributed by atoms with E-state index in [4.69, 9.17) is 5.73 Å². The van der Waals surface area contributed by atoms with Gasteiger partial charge >= 0.3 is 0 Å². The van der Waals surface area contributed by atoms with Crippen LogP contribution in [0.4, 0.5) is 10.9 Å². The summed E-state index contributed by atoms with van der Waals surface area (Å²) in [6.45, 7) is 8.79. The molecule has 0 saturated carbocycles. The van der Waals surface area contributed by atoms with Gasteiger partial charge in [-0.2, -0.15) is 0 Å². The highest BCUT2D eigenvalue weighted by atomic mass is 32.1. The fourth-order valence-corrected chi connectivity index (χ4v) is 3.56. The lowest BCUT2D eigenvalue weighted by Gasteiger charge is -2.34. The van der Waals surface area contributed by atoms with Crippen molar-refractivity contribution in [1.29, 1.82) is 0 Å². The molecule has 1 aliphatic rings. The SMILES string of the molecule is CCN(CC)c1nc(N)c(C(=O)N2CCC(C)C(O)C2)s1. The zero-order chi connectivity index (χ0) is 15.6.